The van der Waals surface area contributed by atoms with Crippen LogP contribution in [-0.4, -0.2) is 22.5 Å². The van der Waals surface area contributed by atoms with Crippen LogP contribution in [0.25, 0.3) is 10.8 Å². The third-order valence-corrected chi connectivity index (χ3v) is 4.96. The van der Waals surface area contributed by atoms with E-state index in [1.165, 1.54) is 0 Å². The van der Waals surface area contributed by atoms with Gasteiger partial charge in [0.1, 0.15) is 11.5 Å². The molecule has 0 saturated carbocycles. The molecular weight excluding hydrogens is 340 g/mol. The number of aromatic hydroxyl groups is 1. The molecule has 0 spiro atoms. The van der Waals surface area contributed by atoms with Crippen molar-refractivity contribution in [1.82, 2.24) is 5.43 Å². The number of phenols is 1. The minimum atomic E-state index is -0.559. The van der Waals surface area contributed by atoms with E-state index in [0.29, 0.717) is 11.8 Å². The molecule has 0 heterocycles. The lowest BCUT2D eigenvalue weighted by atomic mass is 9.98. The average Bonchev–Trinajstić information content (AvgIpc) is 2.97. The first-order valence-electron chi connectivity index (χ1n) is 8.84. The number of hydrogen-bond donors (Lipinski definition) is 2. The van der Waals surface area contributed by atoms with E-state index in [2.05, 4.69) is 10.5 Å². The van der Waals surface area contributed by atoms with Gasteiger partial charge in [-0.2, -0.15) is 5.10 Å². The van der Waals surface area contributed by atoms with Crippen molar-refractivity contribution in [2.45, 2.75) is 19.3 Å². The standard InChI is InChI=1S/C22H18N2O3.H2/c1-2-14-16-9-5-6-10-17(16)19(21(14)26)23-24-22(27)18-12-11-13-7-3-4-8-15(13)20(18)25;/h3-12,14,25H,2H2,1H3,(H,24,27);1H/b23-19+;. The zero-order valence-electron chi connectivity index (χ0n) is 14.8. The number of ketones is 1. The Labute approximate surface area is 157 Å². The summed E-state index contributed by atoms with van der Waals surface area (Å²) in [5, 5.41) is 15.9. The second-order valence-electron chi connectivity index (χ2n) is 6.50. The lowest BCUT2D eigenvalue weighted by molar-refractivity contribution is -0.113. The lowest BCUT2D eigenvalue weighted by Crippen LogP contribution is -2.23. The summed E-state index contributed by atoms with van der Waals surface area (Å²) in [5.74, 6) is -0.987. The number of nitrogens with zero attached hydrogens (tertiary/aromatic N) is 1. The van der Waals surface area contributed by atoms with E-state index in [1.807, 2.05) is 43.3 Å². The Balaban J connectivity index is 0.00000225. The minimum absolute atomic E-state index is 0. The molecule has 1 unspecified atom stereocenters. The number of phenolic OH excluding ortho intramolecular Hbond substituents is 1. The molecule has 0 radical (unpaired) electrons. The summed E-state index contributed by atoms with van der Waals surface area (Å²) < 4.78 is 0. The SMILES string of the molecule is CCC1C(=O)/C(=N/NC(=O)c2ccc3ccccc3c2O)c2ccccc21.[HH]. The molecule has 0 aliphatic heterocycles. The number of rotatable bonds is 3. The van der Waals surface area contributed by atoms with Gasteiger partial charge >= 0.3 is 0 Å². The molecule has 0 fully saturated rings. The van der Waals surface area contributed by atoms with Crippen LogP contribution in [0, 0.1) is 0 Å². The normalized spacial score (nSPS) is 17.3. The van der Waals surface area contributed by atoms with E-state index in [1.54, 1.807) is 24.3 Å². The number of Topliss-reactive ketones (excluding diaryl/α,β-unsaturated/α-hetero) is 1. The molecule has 2 N–H and O–H groups in total. The summed E-state index contributed by atoms with van der Waals surface area (Å²) >= 11 is 0. The van der Waals surface area contributed by atoms with Gasteiger partial charge in [0.05, 0.1) is 5.56 Å². The van der Waals surface area contributed by atoms with Crippen molar-refractivity contribution in [3.8, 4) is 5.75 Å². The number of carbonyl (C=O) groups excluding carboxylic acids is 2. The highest BCUT2D eigenvalue weighted by Gasteiger charge is 2.35. The van der Waals surface area contributed by atoms with E-state index in [-0.39, 0.29) is 30.2 Å². The number of hydrogen-bond acceptors (Lipinski definition) is 4. The van der Waals surface area contributed by atoms with Crippen molar-refractivity contribution >= 4 is 28.2 Å². The van der Waals surface area contributed by atoms with Crippen molar-refractivity contribution < 1.29 is 16.1 Å². The fraction of sp³-hybridized carbons (Fsp3) is 0.136. The molecule has 5 heteroatoms. The quantitative estimate of drug-likeness (QED) is 0.693. The number of fused-ring (bicyclic) bond motifs is 2. The summed E-state index contributed by atoms with van der Waals surface area (Å²) in [4.78, 5) is 25.2. The second-order valence-corrected chi connectivity index (χ2v) is 6.50. The van der Waals surface area contributed by atoms with Gasteiger partial charge in [-0.15, -0.1) is 0 Å². The topological polar surface area (TPSA) is 78.8 Å². The van der Waals surface area contributed by atoms with Gasteiger partial charge in [0.15, 0.2) is 5.78 Å². The van der Waals surface area contributed by atoms with Gasteiger partial charge in [0, 0.05) is 18.3 Å². The predicted octanol–water partition coefficient (Wildman–Crippen LogP) is 4.00. The number of nitrogens with one attached hydrogen (secondary N) is 1. The lowest BCUT2D eigenvalue weighted by Gasteiger charge is -2.07. The smallest absolute Gasteiger partial charge is 0.275 e. The van der Waals surface area contributed by atoms with Gasteiger partial charge in [0.25, 0.3) is 5.91 Å². The molecule has 1 aliphatic carbocycles. The van der Waals surface area contributed by atoms with Crippen molar-refractivity contribution in [3.05, 3.63) is 77.4 Å². The van der Waals surface area contributed by atoms with E-state index in [9.17, 15) is 14.7 Å². The second kappa shape index (κ2) is 6.68. The van der Waals surface area contributed by atoms with Crippen molar-refractivity contribution in [1.29, 1.82) is 0 Å². The number of amides is 1. The Hall–Kier alpha value is -3.47. The maximum Gasteiger partial charge on any atom is 0.275 e. The van der Waals surface area contributed by atoms with Gasteiger partial charge in [-0.3, -0.25) is 9.59 Å². The summed E-state index contributed by atoms with van der Waals surface area (Å²) in [6.07, 6.45) is 0.675. The Morgan fingerprint density at radius 3 is 2.67 bits per heavy atom. The monoisotopic (exact) mass is 360 g/mol. The predicted molar refractivity (Wildman–Crippen MR) is 106 cm³/mol. The molecule has 3 aromatic rings. The van der Waals surface area contributed by atoms with Gasteiger partial charge in [-0.1, -0.05) is 61.5 Å². The molecule has 4 rings (SSSR count). The molecule has 1 amide bonds. The van der Waals surface area contributed by atoms with Gasteiger partial charge in [0.2, 0.25) is 0 Å². The minimum Gasteiger partial charge on any atom is -0.506 e. The van der Waals surface area contributed by atoms with Crippen LogP contribution in [-0.2, 0) is 4.79 Å². The zero-order chi connectivity index (χ0) is 19.0. The molecular formula is C22H20N2O3. The molecule has 3 aromatic carbocycles. The molecule has 136 valence electrons. The van der Waals surface area contributed by atoms with Crippen LogP contribution < -0.4 is 5.43 Å². The van der Waals surface area contributed by atoms with Gasteiger partial charge in [-0.05, 0) is 23.4 Å². The Morgan fingerprint density at radius 2 is 1.85 bits per heavy atom. The molecule has 27 heavy (non-hydrogen) atoms. The third kappa shape index (κ3) is 2.77. The molecule has 0 aromatic heterocycles. The zero-order valence-corrected chi connectivity index (χ0v) is 14.8. The van der Waals surface area contributed by atoms with Crippen LogP contribution in [0.3, 0.4) is 0 Å². The fourth-order valence-electron chi connectivity index (χ4n) is 3.58. The van der Waals surface area contributed by atoms with E-state index >= 15 is 0 Å². The number of benzene rings is 3. The first kappa shape index (κ1) is 17.0. The largest absolute Gasteiger partial charge is 0.506 e. The van der Waals surface area contributed by atoms with Gasteiger partial charge in [-0.25, -0.2) is 5.43 Å². The van der Waals surface area contributed by atoms with Crippen molar-refractivity contribution in [3.63, 3.8) is 0 Å². The number of hydrazone groups is 1. The van der Waals surface area contributed by atoms with E-state index in [4.69, 9.17) is 0 Å². The van der Waals surface area contributed by atoms with E-state index < -0.39 is 5.91 Å². The first-order chi connectivity index (χ1) is 13.1. The average molecular weight is 360 g/mol. The summed E-state index contributed by atoms with van der Waals surface area (Å²) in [6, 6.07) is 18.1. The van der Waals surface area contributed by atoms with Crippen LogP contribution in [0.2, 0.25) is 0 Å². The van der Waals surface area contributed by atoms with Crippen LogP contribution in [0.5, 0.6) is 5.75 Å². The van der Waals surface area contributed by atoms with Crippen LogP contribution in [0.4, 0.5) is 0 Å². The first-order valence-corrected chi connectivity index (χ1v) is 8.84. The maximum absolute atomic E-state index is 12.7. The Kier molecular flexibility index (Phi) is 4.20. The van der Waals surface area contributed by atoms with Crippen LogP contribution in [0.15, 0.2) is 65.8 Å². The molecule has 0 saturated heterocycles. The summed E-state index contributed by atoms with van der Waals surface area (Å²) in [6.45, 7) is 1.95. The number of carbonyl (C=O) groups is 2. The van der Waals surface area contributed by atoms with Crippen LogP contribution >= 0.6 is 0 Å². The molecule has 1 aliphatic rings. The summed E-state index contributed by atoms with van der Waals surface area (Å²) in [5.41, 5.74) is 4.49. The highest BCUT2D eigenvalue weighted by molar-refractivity contribution is 6.51. The summed E-state index contributed by atoms with van der Waals surface area (Å²) in [7, 11) is 0. The molecule has 0 bridgehead atoms. The molecule has 1 atom stereocenters. The Bertz CT molecular complexity index is 1110. The van der Waals surface area contributed by atoms with Gasteiger partial charge < -0.3 is 5.11 Å². The highest BCUT2D eigenvalue weighted by atomic mass is 16.3. The maximum atomic E-state index is 12.7. The van der Waals surface area contributed by atoms with Crippen LogP contribution in [0.1, 0.15) is 42.2 Å². The molecule has 5 nitrogen and oxygen atoms in total. The Morgan fingerprint density at radius 1 is 1.11 bits per heavy atom. The third-order valence-electron chi connectivity index (χ3n) is 4.96. The van der Waals surface area contributed by atoms with E-state index in [0.717, 1.165) is 16.5 Å². The highest BCUT2D eigenvalue weighted by Crippen LogP contribution is 2.33. The van der Waals surface area contributed by atoms with Crippen molar-refractivity contribution in [2.24, 2.45) is 5.10 Å². The van der Waals surface area contributed by atoms with Crippen molar-refractivity contribution in [2.75, 3.05) is 0 Å². The fourth-order valence-corrected chi connectivity index (χ4v) is 3.58.